The minimum absolute atomic E-state index is 0.0889. The summed E-state index contributed by atoms with van der Waals surface area (Å²) >= 11 is 10.6. The molecule has 4 rings (SSSR count). The number of carbonyl (C=O) groups is 2. The van der Waals surface area contributed by atoms with E-state index in [9.17, 15) is 9.59 Å². The molecule has 33 heavy (non-hydrogen) atoms. The normalized spacial score (nSPS) is 15.9. The van der Waals surface area contributed by atoms with Crippen molar-refractivity contribution in [2.24, 2.45) is 5.92 Å². The van der Waals surface area contributed by atoms with E-state index in [1.165, 1.54) is 11.3 Å². The molecule has 1 aliphatic rings. The van der Waals surface area contributed by atoms with Crippen molar-refractivity contribution in [1.82, 2.24) is 15.1 Å². The van der Waals surface area contributed by atoms with Crippen LogP contribution in [0.25, 0.3) is 0 Å². The van der Waals surface area contributed by atoms with Crippen LogP contribution in [0.15, 0.2) is 52.9 Å². The summed E-state index contributed by atoms with van der Waals surface area (Å²) in [5.41, 5.74) is 2.54. The Labute approximate surface area is 210 Å². The number of nitrogens with zero attached hydrogens (tertiary/aromatic N) is 3. The van der Waals surface area contributed by atoms with Gasteiger partial charge in [0.25, 0.3) is 5.91 Å². The molecule has 2 aromatic carbocycles. The van der Waals surface area contributed by atoms with Gasteiger partial charge in [-0.25, -0.2) is 0 Å². The SMILES string of the molecule is CC(C)CSc1nnc(NC(=O)c2ccc([C@H]3SCC(=O)N3Cc3ccc(Cl)cc3)cc2)s1. The predicted octanol–water partition coefficient (Wildman–Crippen LogP) is 5.97. The second-order valence-corrected chi connectivity index (χ2v) is 11.7. The van der Waals surface area contributed by atoms with Gasteiger partial charge in [0.15, 0.2) is 4.34 Å². The van der Waals surface area contributed by atoms with Crippen molar-refractivity contribution in [2.45, 2.75) is 30.1 Å². The zero-order valence-corrected chi connectivity index (χ0v) is 21.4. The highest BCUT2D eigenvalue weighted by Gasteiger charge is 2.32. The van der Waals surface area contributed by atoms with Crippen LogP contribution in [0.1, 0.15) is 40.7 Å². The van der Waals surface area contributed by atoms with E-state index in [1.807, 2.05) is 41.3 Å². The van der Waals surface area contributed by atoms with Crippen LogP contribution in [-0.4, -0.2) is 38.4 Å². The van der Waals surface area contributed by atoms with Gasteiger partial charge in [-0.3, -0.25) is 14.9 Å². The lowest BCUT2D eigenvalue weighted by Crippen LogP contribution is -2.27. The molecule has 1 N–H and O–H groups in total. The van der Waals surface area contributed by atoms with Crippen molar-refractivity contribution in [3.05, 3.63) is 70.2 Å². The van der Waals surface area contributed by atoms with Crippen LogP contribution in [0.3, 0.4) is 0 Å². The topological polar surface area (TPSA) is 75.2 Å². The van der Waals surface area contributed by atoms with Crippen molar-refractivity contribution in [1.29, 1.82) is 0 Å². The van der Waals surface area contributed by atoms with Gasteiger partial charge in [-0.05, 0) is 41.3 Å². The van der Waals surface area contributed by atoms with Crippen LogP contribution in [0.5, 0.6) is 0 Å². The molecule has 6 nitrogen and oxygen atoms in total. The Kier molecular flexibility index (Phi) is 7.95. The number of amides is 2. The van der Waals surface area contributed by atoms with Crippen LogP contribution in [-0.2, 0) is 11.3 Å². The first-order valence-corrected chi connectivity index (χ1v) is 13.6. The Hall–Kier alpha value is -2.07. The number of nitrogens with one attached hydrogen (secondary N) is 1. The molecule has 0 saturated carbocycles. The molecule has 0 spiro atoms. The Balaban J connectivity index is 1.40. The summed E-state index contributed by atoms with van der Waals surface area (Å²) < 4.78 is 0.845. The van der Waals surface area contributed by atoms with Gasteiger partial charge in [0.05, 0.1) is 5.75 Å². The monoisotopic (exact) mass is 518 g/mol. The first kappa shape index (κ1) is 24.1. The van der Waals surface area contributed by atoms with Crippen LogP contribution in [0, 0.1) is 5.92 Å². The van der Waals surface area contributed by atoms with Crippen molar-refractivity contribution in [3.63, 3.8) is 0 Å². The number of anilines is 1. The highest BCUT2D eigenvalue weighted by molar-refractivity contribution is 8.01. The van der Waals surface area contributed by atoms with Crippen molar-refractivity contribution in [3.8, 4) is 0 Å². The molecule has 0 unspecified atom stereocenters. The Morgan fingerprint density at radius 1 is 1.18 bits per heavy atom. The van der Waals surface area contributed by atoms with Gasteiger partial charge in [-0.2, -0.15) is 0 Å². The van der Waals surface area contributed by atoms with Crippen molar-refractivity contribution < 1.29 is 9.59 Å². The summed E-state index contributed by atoms with van der Waals surface area (Å²) in [6, 6.07) is 14.9. The van der Waals surface area contributed by atoms with Gasteiger partial charge in [-0.1, -0.05) is 72.8 Å². The number of carbonyl (C=O) groups excluding carboxylic acids is 2. The average molecular weight is 519 g/mol. The lowest BCUT2D eigenvalue weighted by molar-refractivity contribution is -0.128. The van der Waals surface area contributed by atoms with Crippen molar-refractivity contribution in [2.75, 3.05) is 16.8 Å². The molecule has 1 aliphatic heterocycles. The number of hydrogen-bond acceptors (Lipinski definition) is 7. The molecule has 2 heterocycles. The second kappa shape index (κ2) is 10.9. The third-order valence-corrected chi connectivity index (χ3v) is 8.77. The molecule has 0 aliphatic carbocycles. The van der Waals surface area contributed by atoms with Crippen molar-refractivity contribution >= 4 is 63.4 Å². The Morgan fingerprint density at radius 2 is 1.91 bits per heavy atom. The minimum atomic E-state index is -0.230. The molecule has 10 heteroatoms. The molecule has 1 saturated heterocycles. The maximum absolute atomic E-state index is 12.6. The summed E-state index contributed by atoms with van der Waals surface area (Å²) in [7, 11) is 0. The van der Waals surface area contributed by atoms with E-state index in [-0.39, 0.29) is 17.2 Å². The Morgan fingerprint density at radius 3 is 2.61 bits per heavy atom. The van der Waals surface area contributed by atoms with E-state index >= 15 is 0 Å². The Bertz CT molecular complexity index is 1120. The fourth-order valence-corrected chi connectivity index (χ4v) is 6.25. The zero-order chi connectivity index (χ0) is 23.4. The minimum Gasteiger partial charge on any atom is -0.322 e. The molecule has 1 atom stereocenters. The molecule has 172 valence electrons. The van der Waals surface area contributed by atoms with Gasteiger partial charge < -0.3 is 4.90 Å². The molecular formula is C23H23ClN4O2S3. The number of benzene rings is 2. The lowest BCUT2D eigenvalue weighted by atomic mass is 10.1. The fraction of sp³-hybridized carbons (Fsp3) is 0.304. The third-order valence-electron chi connectivity index (χ3n) is 4.86. The van der Waals surface area contributed by atoms with E-state index in [4.69, 9.17) is 11.6 Å². The van der Waals surface area contributed by atoms with E-state index in [0.717, 1.165) is 21.2 Å². The molecule has 0 bridgehead atoms. The number of rotatable bonds is 8. The van der Waals surface area contributed by atoms with Crippen LogP contribution < -0.4 is 5.32 Å². The summed E-state index contributed by atoms with van der Waals surface area (Å²) in [6.07, 6.45) is 0. The van der Waals surface area contributed by atoms with Crippen LogP contribution in [0.2, 0.25) is 5.02 Å². The second-order valence-electron chi connectivity index (χ2n) is 7.97. The summed E-state index contributed by atoms with van der Waals surface area (Å²) in [5, 5.41) is 12.1. The smallest absolute Gasteiger partial charge is 0.257 e. The molecule has 0 radical (unpaired) electrons. The average Bonchev–Trinajstić information content (AvgIpc) is 3.40. The van der Waals surface area contributed by atoms with Gasteiger partial charge in [0, 0.05) is 22.9 Å². The summed E-state index contributed by atoms with van der Waals surface area (Å²) in [5.74, 6) is 1.83. The summed E-state index contributed by atoms with van der Waals surface area (Å²) in [4.78, 5) is 27.0. The number of thioether (sulfide) groups is 2. The van der Waals surface area contributed by atoms with Crippen LogP contribution >= 0.6 is 46.5 Å². The van der Waals surface area contributed by atoms with E-state index in [2.05, 4.69) is 29.4 Å². The van der Waals surface area contributed by atoms with Gasteiger partial charge in [0.2, 0.25) is 11.0 Å². The first-order valence-electron chi connectivity index (χ1n) is 10.4. The zero-order valence-electron chi connectivity index (χ0n) is 18.2. The fourth-order valence-electron chi connectivity index (χ4n) is 3.21. The number of halogens is 1. The highest BCUT2D eigenvalue weighted by Crippen LogP contribution is 2.39. The number of aromatic nitrogens is 2. The maximum Gasteiger partial charge on any atom is 0.257 e. The summed E-state index contributed by atoms with van der Waals surface area (Å²) in [6.45, 7) is 4.82. The van der Waals surface area contributed by atoms with E-state index in [1.54, 1.807) is 35.7 Å². The molecule has 1 fully saturated rings. The van der Waals surface area contributed by atoms with Gasteiger partial charge >= 0.3 is 0 Å². The van der Waals surface area contributed by atoms with Gasteiger partial charge in [-0.15, -0.1) is 22.0 Å². The number of hydrogen-bond donors (Lipinski definition) is 1. The molecule has 2 amide bonds. The third kappa shape index (κ3) is 6.29. The molecule has 3 aromatic rings. The quantitative estimate of drug-likeness (QED) is 0.292. The van der Waals surface area contributed by atoms with E-state index < -0.39 is 0 Å². The predicted molar refractivity (Wildman–Crippen MR) is 137 cm³/mol. The standard InChI is InChI=1S/C23H23ClN4O2S3/c1-14(2)12-32-23-27-26-22(33-23)25-20(30)16-5-7-17(8-6-16)21-28(19(29)13-31-21)11-15-3-9-18(24)10-4-15/h3-10,14,21H,11-13H2,1-2H3,(H,25,26,30)/t21-/m1/s1. The van der Waals surface area contributed by atoms with Crippen LogP contribution in [0.4, 0.5) is 5.13 Å². The van der Waals surface area contributed by atoms with Gasteiger partial charge in [0.1, 0.15) is 5.37 Å². The first-order chi connectivity index (χ1) is 15.9. The van der Waals surface area contributed by atoms with E-state index in [0.29, 0.717) is 33.9 Å². The molecular weight excluding hydrogens is 496 g/mol. The lowest BCUT2D eigenvalue weighted by Gasteiger charge is -2.24. The largest absolute Gasteiger partial charge is 0.322 e. The maximum atomic E-state index is 12.6. The highest BCUT2D eigenvalue weighted by atomic mass is 35.5. The molecule has 1 aromatic heterocycles.